The van der Waals surface area contributed by atoms with Crippen LogP contribution in [0.4, 0.5) is 14.7 Å². The van der Waals surface area contributed by atoms with Crippen molar-refractivity contribution in [3.05, 3.63) is 5.82 Å². The second-order valence-electron chi connectivity index (χ2n) is 4.32. The summed E-state index contributed by atoms with van der Waals surface area (Å²) in [6, 6.07) is 0. The maximum absolute atomic E-state index is 12.6. The molecule has 0 radical (unpaired) electrons. The van der Waals surface area contributed by atoms with E-state index in [-0.39, 0.29) is 18.8 Å². The Labute approximate surface area is 85.7 Å². The van der Waals surface area contributed by atoms with Crippen molar-refractivity contribution in [3.63, 3.8) is 0 Å². The van der Waals surface area contributed by atoms with E-state index in [4.69, 9.17) is 0 Å². The lowest BCUT2D eigenvalue weighted by atomic mass is 9.81. The summed E-state index contributed by atoms with van der Waals surface area (Å²) in [4.78, 5) is 6.28. The summed E-state index contributed by atoms with van der Waals surface area (Å²) >= 11 is 0. The minimum Gasteiger partial charge on any atom is -0.339 e. The molecule has 82 valence electrons. The highest BCUT2D eigenvalue weighted by atomic mass is 19.3. The number of aromatic nitrogens is 3. The van der Waals surface area contributed by atoms with Gasteiger partial charge in [-0.1, -0.05) is 0 Å². The SMILES string of the molecule is FC1(F)CC(c2nc(N3CCC3)n[nH]2)C1. The molecule has 2 aliphatic rings. The predicted molar refractivity (Wildman–Crippen MR) is 50.1 cm³/mol. The van der Waals surface area contributed by atoms with E-state index in [2.05, 4.69) is 15.2 Å². The second-order valence-corrected chi connectivity index (χ2v) is 4.32. The molecular weight excluding hydrogens is 202 g/mol. The zero-order valence-electron chi connectivity index (χ0n) is 8.21. The van der Waals surface area contributed by atoms with Crippen molar-refractivity contribution in [1.29, 1.82) is 0 Å². The van der Waals surface area contributed by atoms with E-state index in [9.17, 15) is 8.78 Å². The van der Waals surface area contributed by atoms with Crippen molar-refractivity contribution in [2.24, 2.45) is 0 Å². The van der Waals surface area contributed by atoms with E-state index in [0.29, 0.717) is 11.8 Å². The van der Waals surface area contributed by atoms with Gasteiger partial charge in [0.25, 0.3) is 0 Å². The van der Waals surface area contributed by atoms with Gasteiger partial charge in [0.2, 0.25) is 11.9 Å². The average molecular weight is 214 g/mol. The lowest BCUT2D eigenvalue weighted by Crippen LogP contribution is -2.38. The predicted octanol–water partition coefficient (Wildman–Crippen LogP) is 1.53. The van der Waals surface area contributed by atoms with Crippen molar-refractivity contribution < 1.29 is 8.78 Å². The van der Waals surface area contributed by atoms with Gasteiger partial charge in [-0.15, -0.1) is 5.10 Å². The van der Waals surface area contributed by atoms with Gasteiger partial charge >= 0.3 is 0 Å². The fourth-order valence-corrected chi connectivity index (χ4v) is 1.96. The Bertz CT molecular complexity index is 364. The van der Waals surface area contributed by atoms with E-state index in [1.165, 1.54) is 0 Å². The zero-order valence-corrected chi connectivity index (χ0v) is 8.21. The van der Waals surface area contributed by atoms with Gasteiger partial charge in [0.15, 0.2) is 0 Å². The van der Waals surface area contributed by atoms with Gasteiger partial charge in [0.05, 0.1) is 0 Å². The first-order valence-corrected chi connectivity index (χ1v) is 5.19. The number of hydrogen-bond donors (Lipinski definition) is 1. The van der Waals surface area contributed by atoms with Crippen LogP contribution in [0, 0.1) is 0 Å². The summed E-state index contributed by atoms with van der Waals surface area (Å²) in [7, 11) is 0. The molecule has 0 spiro atoms. The molecule has 2 heterocycles. The van der Waals surface area contributed by atoms with Crippen LogP contribution in [0.15, 0.2) is 0 Å². The molecule has 1 saturated heterocycles. The number of alkyl halides is 2. The minimum atomic E-state index is -2.49. The first kappa shape index (κ1) is 9.06. The van der Waals surface area contributed by atoms with Crippen LogP contribution >= 0.6 is 0 Å². The molecule has 0 aromatic carbocycles. The van der Waals surface area contributed by atoms with E-state index in [0.717, 1.165) is 19.5 Å². The minimum absolute atomic E-state index is 0.0956. The summed E-state index contributed by atoms with van der Waals surface area (Å²) in [5.74, 6) is -1.36. The van der Waals surface area contributed by atoms with E-state index < -0.39 is 5.92 Å². The molecule has 1 aromatic heterocycles. The van der Waals surface area contributed by atoms with Crippen LogP contribution in [0.3, 0.4) is 0 Å². The van der Waals surface area contributed by atoms with Crippen LogP contribution in [-0.4, -0.2) is 34.2 Å². The normalized spacial score (nSPS) is 24.8. The maximum Gasteiger partial charge on any atom is 0.249 e. The Morgan fingerprint density at radius 3 is 2.60 bits per heavy atom. The van der Waals surface area contributed by atoms with Gasteiger partial charge in [-0.05, 0) is 6.42 Å². The molecule has 0 unspecified atom stereocenters. The number of H-pyrrole nitrogens is 1. The summed E-state index contributed by atoms with van der Waals surface area (Å²) in [6.07, 6.45) is 0.967. The molecule has 15 heavy (non-hydrogen) atoms. The highest BCUT2D eigenvalue weighted by Crippen LogP contribution is 2.47. The van der Waals surface area contributed by atoms with Gasteiger partial charge in [0, 0.05) is 31.8 Å². The molecule has 1 saturated carbocycles. The average Bonchev–Trinajstić information content (AvgIpc) is 2.45. The number of anilines is 1. The molecular formula is C9H12F2N4. The Morgan fingerprint density at radius 1 is 1.33 bits per heavy atom. The number of nitrogens with one attached hydrogen (secondary N) is 1. The fourth-order valence-electron chi connectivity index (χ4n) is 1.96. The van der Waals surface area contributed by atoms with Gasteiger partial charge in [-0.25, -0.2) is 8.78 Å². The van der Waals surface area contributed by atoms with Crippen LogP contribution in [0.25, 0.3) is 0 Å². The lowest BCUT2D eigenvalue weighted by molar-refractivity contribution is -0.0884. The maximum atomic E-state index is 12.6. The monoisotopic (exact) mass is 214 g/mol. The molecule has 6 heteroatoms. The largest absolute Gasteiger partial charge is 0.339 e. The third-order valence-corrected chi connectivity index (χ3v) is 3.11. The van der Waals surface area contributed by atoms with Gasteiger partial charge < -0.3 is 4.90 Å². The molecule has 1 aliphatic heterocycles. The smallest absolute Gasteiger partial charge is 0.249 e. The summed E-state index contributed by atoms with van der Waals surface area (Å²) in [6.45, 7) is 1.94. The van der Waals surface area contributed by atoms with Crippen LogP contribution in [0.5, 0.6) is 0 Å². The Balaban J connectivity index is 1.69. The summed E-state index contributed by atoms with van der Waals surface area (Å²) in [5.41, 5.74) is 0. The zero-order chi connectivity index (χ0) is 10.5. The quantitative estimate of drug-likeness (QED) is 0.812. The molecule has 1 aliphatic carbocycles. The number of hydrogen-bond acceptors (Lipinski definition) is 3. The molecule has 2 fully saturated rings. The van der Waals surface area contributed by atoms with Gasteiger partial charge in [-0.2, -0.15) is 4.98 Å². The Kier molecular flexibility index (Phi) is 1.75. The highest BCUT2D eigenvalue weighted by Gasteiger charge is 2.47. The van der Waals surface area contributed by atoms with Crippen LogP contribution in [-0.2, 0) is 0 Å². The standard InChI is InChI=1S/C9H12F2N4/c10-9(11)4-6(5-9)7-12-8(14-13-7)15-2-1-3-15/h6H,1-5H2,(H,12,13,14). The number of rotatable bonds is 2. The molecule has 0 amide bonds. The van der Waals surface area contributed by atoms with Crippen molar-refractivity contribution in [2.75, 3.05) is 18.0 Å². The van der Waals surface area contributed by atoms with Crippen LogP contribution in [0.2, 0.25) is 0 Å². The van der Waals surface area contributed by atoms with Crippen molar-refractivity contribution >= 4 is 5.95 Å². The van der Waals surface area contributed by atoms with Gasteiger partial charge in [-0.3, -0.25) is 5.10 Å². The molecule has 1 N–H and O–H groups in total. The Hall–Kier alpha value is -1.20. The summed E-state index contributed by atoms with van der Waals surface area (Å²) < 4.78 is 25.3. The molecule has 0 bridgehead atoms. The molecule has 0 atom stereocenters. The lowest BCUT2D eigenvalue weighted by Gasteiger charge is -2.33. The highest BCUT2D eigenvalue weighted by molar-refractivity contribution is 5.32. The van der Waals surface area contributed by atoms with Gasteiger partial charge in [0.1, 0.15) is 5.82 Å². The van der Waals surface area contributed by atoms with Crippen molar-refractivity contribution in [1.82, 2.24) is 15.2 Å². The molecule has 3 rings (SSSR count). The topological polar surface area (TPSA) is 44.8 Å². The third-order valence-electron chi connectivity index (χ3n) is 3.11. The second kappa shape index (κ2) is 2.90. The van der Waals surface area contributed by atoms with Crippen molar-refractivity contribution in [3.8, 4) is 0 Å². The molecule has 4 nitrogen and oxygen atoms in total. The van der Waals surface area contributed by atoms with E-state index >= 15 is 0 Å². The van der Waals surface area contributed by atoms with Crippen molar-refractivity contribution in [2.45, 2.75) is 31.1 Å². The number of halogens is 2. The van der Waals surface area contributed by atoms with E-state index in [1.807, 2.05) is 4.90 Å². The van der Waals surface area contributed by atoms with E-state index in [1.54, 1.807) is 0 Å². The first-order valence-electron chi connectivity index (χ1n) is 5.19. The Morgan fingerprint density at radius 2 is 2.07 bits per heavy atom. The summed E-state index contributed by atoms with van der Waals surface area (Å²) in [5, 5.41) is 6.79. The fraction of sp³-hybridized carbons (Fsp3) is 0.778. The first-order chi connectivity index (χ1) is 7.14. The molecule has 1 aromatic rings. The van der Waals surface area contributed by atoms with Crippen LogP contribution < -0.4 is 4.90 Å². The third kappa shape index (κ3) is 1.48. The number of aromatic amines is 1. The number of nitrogens with zero attached hydrogens (tertiary/aromatic N) is 3. The van der Waals surface area contributed by atoms with Crippen LogP contribution in [0.1, 0.15) is 31.0 Å².